The Morgan fingerprint density at radius 2 is 1.62 bits per heavy atom. The highest BCUT2D eigenvalue weighted by Gasteiger charge is 2.15. The van der Waals surface area contributed by atoms with Crippen LogP contribution in [0, 0.1) is 5.92 Å². The third-order valence-electron chi connectivity index (χ3n) is 2.73. The molecule has 1 saturated carbocycles. The molecule has 2 rings (SSSR count). The van der Waals surface area contributed by atoms with Gasteiger partial charge in [-0.05, 0) is 42.0 Å². The van der Waals surface area contributed by atoms with Gasteiger partial charge in [0.25, 0.3) is 0 Å². The van der Waals surface area contributed by atoms with E-state index >= 15 is 0 Å². The van der Waals surface area contributed by atoms with Crippen LogP contribution >= 0.6 is 23.2 Å². The van der Waals surface area contributed by atoms with E-state index in [4.69, 9.17) is 27.9 Å². The van der Waals surface area contributed by atoms with Gasteiger partial charge >= 0.3 is 6.01 Å². The summed E-state index contributed by atoms with van der Waals surface area (Å²) in [6.45, 7) is 0.636. The number of hydrogen-bond acceptors (Lipinski definition) is 4. The molecule has 1 aliphatic carbocycles. The number of halogens is 2. The molecule has 0 unspecified atom stereocenters. The van der Waals surface area contributed by atoms with Crippen LogP contribution in [-0.4, -0.2) is 21.6 Å². The average molecular weight is 262 g/mol. The van der Waals surface area contributed by atoms with Crippen molar-refractivity contribution in [2.45, 2.75) is 32.1 Å². The fourth-order valence-corrected chi connectivity index (χ4v) is 2.27. The van der Waals surface area contributed by atoms with E-state index in [1.807, 2.05) is 0 Å². The molecule has 0 spiro atoms. The molecule has 0 N–H and O–H groups in total. The van der Waals surface area contributed by atoms with E-state index in [1.165, 1.54) is 32.1 Å². The number of nitrogens with zero attached hydrogens (tertiary/aromatic N) is 3. The van der Waals surface area contributed by atoms with Crippen LogP contribution in [0.4, 0.5) is 0 Å². The molecule has 0 saturated heterocycles. The molecule has 0 atom stereocenters. The molecule has 0 radical (unpaired) electrons. The first kappa shape index (κ1) is 11.9. The minimum Gasteiger partial charge on any atom is -0.463 e. The van der Waals surface area contributed by atoms with Crippen molar-refractivity contribution in [3.63, 3.8) is 0 Å². The van der Waals surface area contributed by atoms with Crippen LogP contribution in [0.3, 0.4) is 0 Å². The van der Waals surface area contributed by atoms with Crippen molar-refractivity contribution in [2.24, 2.45) is 5.92 Å². The van der Waals surface area contributed by atoms with E-state index in [2.05, 4.69) is 15.0 Å². The molecule has 0 aliphatic heterocycles. The van der Waals surface area contributed by atoms with E-state index in [9.17, 15) is 0 Å². The Balaban J connectivity index is 1.88. The highest BCUT2D eigenvalue weighted by molar-refractivity contribution is 6.31. The molecular weight excluding hydrogens is 249 g/mol. The fourth-order valence-electron chi connectivity index (χ4n) is 1.92. The molecule has 1 aromatic heterocycles. The van der Waals surface area contributed by atoms with Crippen LogP contribution in [0.15, 0.2) is 0 Å². The number of rotatable bonds is 3. The predicted molar refractivity (Wildman–Crippen MR) is 61.9 cm³/mol. The SMILES string of the molecule is Clc1nc(Cl)nc(OCC2CCCCC2)n1. The monoisotopic (exact) mass is 261 g/mol. The Morgan fingerprint density at radius 1 is 1.00 bits per heavy atom. The van der Waals surface area contributed by atoms with Gasteiger partial charge in [-0.15, -0.1) is 0 Å². The van der Waals surface area contributed by atoms with Gasteiger partial charge in [-0.1, -0.05) is 19.3 Å². The van der Waals surface area contributed by atoms with E-state index in [-0.39, 0.29) is 16.6 Å². The summed E-state index contributed by atoms with van der Waals surface area (Å²) in [5.41, 5.74) is 0. The highest BCUT2D eigenvalue weighted by atomic mass is 35.5. The predicted octanol–water partition coefficient (Wildman–Crippen LogP) is 3.14. The number of ether oxygens (including phenoxy) is 1. The molecule has 0 amide bonds. The van der Waals surface area contributed by atoms with Crippen LogP contribution in [-0.2, 0) is 0 Å². The van der Waals surface area contributed by atoms with Gasteiger partial charge in [-0.2, -0.15) is 15.0 Å². The summed E-state index contributed by atoms with van der Waals surface area (Å²) in [5, 5.41) is 0.136. The van der Waals surface area contributed by atoms with Gasteiger partial charge in [0.2, 0.25) is 10.6 Å². The quantitative estimate of drug-likeness (QED) is 0.839. The van der Waals surface area contributed by atoms with Gasteiger partial charge in [0.05, 0.1) is 6.61 Å². The minimum atomic E-state index is 0.0682. The molecule has 4 nitrogen and oxygen atoms in total. The van der Waals surface area contributed by atoms with E-state index in [1.54, 1.807) is 0 Å². The van der Waals surface area contributed by atoms with Crippen molar-refractivity contribution in [1.82, 2.24) is 15.0 Å². The highest BCUT2D eigenvalue weighted by Crippen LogP contribution is 2.24. The maximum atomic E-state index is 5.64. The molecule has 0 bridgehead atoms. The van der Waals surface area contributed by atoms with E-state index in [0.29, 0.717) is 12.5 Å². The van der Waals surface area contributed by atoms with E-state index in [0.717, 1.165) is 0 Å². The average Bonchev–Trinajstić information content (AvgIpc) is 2.27. The Bertz CT molecular complexity index is 336. The van der Waals surface area contributed by atoms with Crippen LogP contribution < -0.4 is 4.74 Å². The zero-order chi connectivity index (χ0) is 11.4. The maximum absolute atomic E-state index is 5.64. The van der Waals surface area contributed by atoms with Gasteiger partial charge < -0.3 is 4.74 Å². The van der Waals surface area contributed by atoms with Crippen LogP contribution in [0.25, 0.3) is 0 Å². The van der Waals surface area contributed by atoms with Crippen molar-refractivity contribution >= 4 is 23.2 Å². The summed E-state index contributed by atoms with van der Waals surface area (Å²) in [7, 11) is 0. The third-order valence-corrected chi connectivity index (χ3v) is 3.07. The van der Waals surface area contributed by atoms with Gasteiger partial charge in [-0.25, -0.2) is 0 Å². The van der Waals surface area contributed by atoms with Crippen molar-refractivity contribution in [2.75, 3.05) is 6.61 Å². The minimum absolute atomic E-state index is 0.0682. The standard InChI is InChI=1S/C10H13Cl2N3O/c11-8-13-9(12)15-10(14-8)16-6-7-4-2-1-3-5-7/h7H,1-6H2. The molecule has 0 aromatic carbocycles. The van der Waals surface area contributed by atoms with Gasteiger partial charge in [0.1, 0.15) is 0 Å². The second kappa shape index (κ2) is 5.64. The first-order chi connectivity index (χ1) is 7.74. The third kappa shape index (κ3) is 3.46. The summed E-state index contributed by atoms with van der Waals surface area (Å²) in [6.07, 6.45) is 6.33. The summed E-state index contributed by atoms with van der Waals surface area (Å²) in [4.78, 5) is 11.4. The zero-order valence-corrected chi connectivity index (χ0v) is 10.3. The second-order valence-electron chi connectivity index (χ2n) is 3.97. The lowest BCUT2D eigenvalue weighted by Crippen LogP contribution is -2.16. The van der Waals surface area contributed by atoms with E-state index < -0.39 is 0 Å². The second-order valence-corrected chi connectivity index (χ2v) is 4.65. The van der Waals surface area contributed by atoms with Crippen molar-refractivity contribution in [3.8, 4) is 6.01 Å². The molecule has 1 heterocycles. The smallest absolute Gasteiger partial charge is 0.322 e. The number of hydrogen-bond donors (Lipinski definition) is 0. The first-order valence-corrected chi connectivity index (χ1v) is 6.19. The Hall–Kier alpha value is -0.610. The Morgan fingerprint density at radius 3 is 2.25 bits per heavy atom. The van der Waals surface area contributed by atoms with Crippen molar-refractivity contribution in [1.29, 1.82) is 0 Å². The molecule has 88 valence electrons. The topological polar surface area (TPSA) is 47.9 Å². The fraction of sp³-hybridized carbons (Fsp3) is 0.700. The van der Waals surface area contributed by atoms with Gasteiger partial charge in [0.15, 0.2) is 0 Å². The van der Waals surface area contributed by atoms with Crippen LogP contribution in [0.5, 0.6) is 6.01 Å². The lowest BCUT2D eigenvalue weighted by molar-refractivity contribution is 0.196. The summed E-state index contributed by atoms with van der Waals surface area (Å²) in [6, 6.07) is 0.218. The molecule has 1 aliphatic rings. The summed E-state index contributed by atoms with van der Waals surface area (Å²) < 4.78 is 5.48. The first-order valence-electron chi connectivity index (χ1n) is 5.44. The molecule has 6 heteroatoms. The lowest BCUT2D eigenvalue weighted by atomic mass is 9.90. The molecule has 16 heavy (non-hydrogen) atoms. The van der Waals surface area contributed by atoms with Crippen LogP contribution in [0.2, 0.25) is 10.6 Å². The molecule has 1 fully saturated rings. The molecular formula is C10H13Cl2N3O. The Kier molecular flexibility index (Phi) is 4.18. The summed E-state index contributed by atoms with van der Waals surface area (Å²) in [5.74, 6) is 0.600. The van der Waals surface area contributed by atoms with Gasteiger partial charge in [0, 0.05) is 0 Å². The zero-order valence-electron chi connectivity index (χ0n) is 8.83. The largest absolute Gasteiger partial charge is 0.463 e. The summed E-state index contributed by atoms with van der Waals surface area (Å²) >= 11 is 11.3. The lowest BCUT2D eigenvalue weighted by Gasteiger charge is -2.20. The van der Waals surface area contributed by atoms with Crippen molar-refractivity contribution in [3.05, 3.63) is 10.6 Å². The number of aromatic nitrogens is 3. The normalized spacial score (nSPS) is 17.4. The van der Waals surface area contributed by atoms with Gasteiger partial charge in [-0.3, -0.25) is 0 Å². The van der Waals surface area contributed by atoms with Crippen LogP contribution in [0.1, 0.15) is 32.1 Å². The Labute approximate surface area is 104 Å². The van der Waals surface area contributed by atoms with Crippen molar-refractivity contribution < 1.29 is 4.74 Å². The molecule has 1 aromatic rings. The maximum Gasteiger partial charge on any atom is 0.322 e.